The minimum atomic E-state index is -1.02. The van der Waals surface area contributed by atoms with Crippen LogP contribution < -0.4 is 16.0 Å². The SMILES string of the molecule is C#CCOc1cc(-n2nc(C#N)c(=O)[nH]c2=O)c(F)cc1Cl. The average molecular weight is 321 g/mol. The number of hydrogen-bond donors (Lipinski definition) is 1. The smallest absolute Gasteiger partial charge is 0.349 e. The van der Waals surface area contributed by atoms with Crippen molar-refractivity contribution < 1.29 is 9.13 Å². The van der Waals surface area contributed by atoms with Crippen molar-refractivity contribution in [3.05, 3.63) is 49.5 Å². The second-order valence-electron chi connectivity index (χ2n) is 3.86. The van der Waals surface area contributed by atoms with Gasteiger partial charge in [0.2, 0.25) is 5.69 Å². The summed E-state index contributed by atoms with van der Waals surface area (Å²) in [6.45, 7) is -0.123. The molecule has 0 saturated carbocycles. The highest BCUT2D eigenvalue weighted by Gasteiger charge is 2.15. The van der Waals surface area contributed by atoms with Crippen LogP contribution in [0, 0.1) is 29.5 Å². The van der Waals surface area contributed by atoms with Gasteiger partial charge in [0.15, 0.2) is 5.82 Å². The van der Waals surface area contributed by atoms with E-state index in [-0.39, 0.29) is 23.1 Å². The van der Waals surface area contributed by atoms with E-state index in [0.717, 1.165) is 12.1 Å². The van der Waals surface area contributed by atoms with Gasteiger partial charge in [0.05, 0.1) is 5.02 Å². The number of rotatable bonds is 3. The van der Waals surface area contributed by atoms with Crippen molar-refractivity contribution in [2.24, 2.45) is 0 Å². The lowest BCUT2D eigenvalue weighted by Crippen LogP contribution is -2.33. The molecule has 22 heavy (non-hydrogen) atoms. The molecule has 7 nitrogen and oxygen atoms in total. The molecule has 2 aromatic rings. The van der Waals surface area contributed by atoms with E-state index in [2.05, 4.69) is 11.0 Å². The van der Waals surface area contributed by atoms with E-state index in [0.29, 0.717) is 4.68 Å². The maximum atomic E-state index is 14.0. The van der Waals surface area contributed by atoms with Crippen molar-refractivity contribution in [3.63, 3.8) is 0 Å². The Balaban J connectivity index is 2.68. The number of terminal acetylenes is 1. The third-order valence-corrected chi connectivity index (χ3v) is 2.77. The first-order valence-electron chi connectivity index (χ1n) is 5.67. The van der Waals surface area contributed by atoms with Crippen LogP contribution in [0.5, 0.6) is 5.75 Å². The largest absolute Gasteiger partial charge is 0.479 e. The molecule has 2 rings (SSSR count). The molecule has 0 atom stereocenters. The molecule has 0 unspecified atom stereocenters. The van der Waals surface area contributed by atoms with Crippen molar-refractivity contribution in [1.82, 2.24) is 14.8 Å². The van der Waals surface area contributed by atoms with Gasteiger partial charge in [-0.05, 0) is 6.07 Å². The molecule has 0 saturated heterocycles. The fraction of sp³-hybridized carbons (Fsp3) is 0.0769. The van der Waals surface area contributed by atoms with Gasteiger partial charge in [0.25, 0.3) is 5.56 Å². The highest BCUT2D eigenvalue weighted by atomic mass is 35.5. The Morgan fingerprint density at radius 2 is 2.23 bits per heavy atom. The van der Waals surface area contributed by atoms with Gasteiger partial charge in [-0.15, -0.1) is 11.5 Å². The lowest BCUT2D eigenvalue weighted by Gasteiger charge is -2.10. The maximum Gasteiger partial charge on any atom is 0.349 e. The molecular weight excluding hydrogens is 315 g/mol. The highest BCUT2D eigenvalue weighted by molar-refractivity contribution is 6.32. The fourth-order valence-electron chi connectivity index (χ4n) is 1.55. The van der Waals surface area contributed by atoms with E-state index in [1.54, 1.807) is 0 Å². The summed E-state index contributed by atoms with van der Waals surface area (Å²) in [6, 6.07) is 3.47. The number of halogens is 2. The van der Waals surface area contributed by atoms with Gasteiger partial charge < -0.3 is 4.74 Å². The molecule has 0 spiro atoms. The predicted octanol–water partition coefficient (Wildman–Crippen LogP) is 0.597. The van der Waals surface area contributed by atoms with Crippen LogP contribution in [0.15, 0.2) is 21.7 Å². The zero-order chi connectivity index (χ0) is 16.3. The van der Waals surface area contributed by atoms with E-state index in [1.807, 2.05) is 4.98 Å². The molecule has 0 aliphatic rings. The molecular formula is C13H6ClFN4O3. The second-order valence-corrected chi connectivity index (χ2v) is 4.27. The van der Waals surface area contributed by atoms with E-state index in [9.17, 15) is 14.0 Å². The van der Waals surface area contributed by atoms with Crippen LogP contribution in [0.25, 0.3) is 5.69 Å². The predicted molar refractivity (Wildman–Crippen MR) is 74.5 cm³/mol. The summed E-state index contributed by atoms with van der Waals surface area (Å²) < 4.78 is 19.6. The highest BCUT2D eigenvalue weighted by Crippen LogP contribution is 2.28. The summed E-state index contributed by atoms with van der Waals surface area (Å²) in [4.78, 5) is 24.9. The minimum Gasteiger partial charge on any atom is -0.479 e. The molecule has 0 amide bonds. The van der Waals surface area contributed by atoms with Crippen LogP contribution >= 0.6 is 11.6 Å². The number of benzene rings is 1. The van der Waals surface area contributed by atoms with Crippen LogP contribution in [0.2, 0.25) is 5.02 Å². The van der Waals surface area contributed by atoms with Gasteiger partial charge in [0, 0.05) is 6.07 Å². The summed E-state index contributed by atoms with van der Waals surface area (Å²) in [5.74, 6) is 1.33. The number of aromatic amines is 1. The molecule has 1 N–H and O–H groups in total. The number of ether oxygens (including phenoxy) is 1. The van der Waals surface area contributed by atoms with Crippen molar-refractivity contribution in [3.8, 4) is 29.8 Å². The summed E-state index contributed by atoms with van der Waals surface area (Å²) >= 11 is 5.80. The molecule has 110 valence electrons. The van der Waals surface area contributed by atoms with E-state index in [1.165, 1.54) is 6.07 Å². The fourth-order valence-corrected chi connectivity index (χ4v) is 1.75. The Hall–Kier alpha value is -3.10. The zero-order valence-corrected chi connectivity index (χ0v) is 11.5. The molecule has 0 fully saturated rings. The van der Waals surface area contributed by atoms with Crippen LogP contribution in [0.1, 0.15) is 5.69 Å². The van der Waals surface area contributed by atoms with Crippen LogP contribution in [-0.4, -0.2) is 21.4 Å². The average Bonchev–Trinajstić information content (AvgIpc) is 2.47. The topological polar surface area (TPSA) is 101 Å². The third kappa shape index (κ3) is 2.82. The summed E-state index contributed by atoms with van der Waals surface area (Å²) in [5, 5.41) is 12.2. The maximum absolute atomic E-state index is 14.0. The van der Waals surface area contributed by atoms with E-state index >= 15 is 0 Å². The Kier molecular flexibility index (Phi) is 4.25. The zero-order valence-electron chi connectivity index (χ0n) is 10.8. The molecule has 0 bridgehead atoms. The Morgan fingerprint density at radius 1 is 1.50 bits per heavy atom. The summed E-state index contributed by atoms with van der Waals surface area (Å²) in [6.07, 6.45) is 5.05. The number of nitrogens with zero attached hydrogens (tertiary/aromatic N) is 3. The van der Waals surface area contributed by atoms with Gasteiger partial charge in [0.1, 0.15) is 24.1 Å². The molecule has 0 aliphatic carbocycles. The quantitative estimate of drug-likeness (QED) is 0.834. The number of hydrogen-bond acceptors (Lipinski definition) is 5. The van der Waals surface area contributed by atoms with Gasteiger partial charge in [-0.1, -0.05) is 17.5 Å². The first-order chi connectivity index (χ1) is 10.5. The summed E-state index contributed by atoms with van der Waals surface area (Å²) in [7, 11) is 0. The second kappa shape index (κ2) is 6.12. The van der Waals surface area contributed by atoms with Gasteiger partial charge in [-0.2, -0.15) is 9.94 Å². The molecule has 0 aliphatic heterocycles. The van der Waals surface area contributed by atoms with Crippen LogP contribution in [0.3, 0.4) is 0 Å². The Bertz CT molecular complexity index is 936. The van der Waals surface area contributed by atoms with Crippen LogP contribution in [-0.2, 0) is 0 Å². The monoisotopic (exact) mass is 320 g/mol. The minimum absolute atomic E-state index is 0.0226. The standard InChI is InChI=1S/C13H6ClFN4O3/c1-2-3-22-11-5-10(8(15)4-7(11)14)19-13(21)17-12(20)9(6-16)18-19/h1,4-5H,3H2,(H,17,20,21). The van der Waals surface area contributed by atoms with Crippen molar-refractivity contribution in [2.45, 2.75) is 0 Å². The molecule has 1 heterocycles. The number of nitriles is 1. The van der Waals surface area contributed by atoms with Crippen molar-refractivity contribution in [2.75, 3.05) is 6.61 Å². The number of nitrogens with one attached hydrogen (secondary N) is 1. The lowest BCUT2D eigenvalue weighted by molar-refractivity contribution is 0.369. The van der Waals surface area contributed by atoms with E-state index in [4.69, 9.17) is 28.0 Å². The normalized spacial score (nSPS) is 9.82. The molecule has 0 radical (unpaired) electrons. The van der Waals surface area contributed by atoms with E-state index < -0.39 is 22.8 Å². The Morgan fingerprint density at radius 3 is 2.86 bits per heavy atom. The molecule has 9 heteroatoms. The first kappa shape index (κ1) is 15.3. The van der Waals surface area contributed by atoms with Crippen LogP contribution in [0.4, 0.5) is 4.39 Å². The van der Waals surface area contributed by atoms with Gasteiger partial charge >= 0.3 is 5.69 Å². The first-order valence-corrected chi connectivity index (χ1v) is 6.05. The van der Waals surface area contributed by atoms with Crippen molar-refractivity contribution in [1.29, 1.82) is 5.26 Å². The lowest BCUT2D eigenvalue weighted by atomic mass is 10.3. The van der Waals surface area contributed by atoms with Crippen molar-refractivity contribution >= 4 is 11.6 Å². The molecule has 1 aromatic carbocycles. The summed E-state index contributed by atoms with van der Waals surface area (Å²) in [5.41, 5.74) is -2.94. The molecule has 1 aromatic heterocycles. The third-order valence-electron chi connectivity index (χ3n) is 2.47. The van der Waals surface area contributed by atoms with Gasteiger partial charge in [-0.3, -0.25) is 9.78 Å². The Labute approximate surface area is 127 Å². The number of H-pyrrole nitrogens is 1. The number of aromatic nitrogens is 3. The van der Waals surface area contributed by atoms with Gasteiger partial charge in [-0.25, -0.2) is 9.18 Å².